The third-order valence-corrected chi connectivity index (χ3v) is 6.44. The topological polar surface area (TPSA) is 76.2 Å². The van der Waals surface area contributed by atoms with E-state index < -0.39 is 0 Å². The van der Waals surface area contributed by atoms with E-state index in [2.05, 4.69) is 20.1 Å². The Morgan fingerprint density at radius 1 is 0.939 bits per heavy atom. The SMILES string of the molecule is COc1cc(OC)cc(N(Cc2ccc(Cl)s2)c2ccc3ncc(-c4cn[nH]c4)nc3c2)c1. The lowest BCUT2D eigenvalue weighted by Crippen LogP contribution is -2.16. The summed E-state index contributed by atoms with van der Waals surface area (Å²) in [6, 6.07) is 15.8. The van der Waals surface area contributed by atoms with Crippen molar-refractivity contribution in [2.45, 2.75) is 6.54 Å². The molecule has 9 heteroatoms. The van der Waals surface area contributed by atoms with Crippen molar-refractivity contribution < 1.29 is 9.47 Å². The van der Waals surface area contributed by atoms with Crippen molar-refractivity contribution in [1.82, 2.24) is 20.2 Å². The van der Waals surface area contributed by atoms with Gasteiger partial charge in [0.1, 0.15) is 11.5 Å². The maximum Gasteiger partial charge on any atom is 0.124 e. The van der Waals surface area contributed by atoms with Gasteiger partial charge in [0.2, 0.25) is 0 Å². The molecule has 0 aliphatic heterocycles. The number of benzene rings is 2. The highest BCUT2D eigenvalue weighted by Crippen LogP contribution is 2.36. The van der Waals surface area contributed by atoms with E-state index in [9.17, 15) is 0 Å². The number of aromatic amines is 1. The van der Waals surface area contributed by atoms with Crippen molar-refractivity contribution in [3.8, 4) is 22.8 Å². The zero-order chi connectivity index (χ0) is 22.8. The second-order valence-electron chi connectivity index (χ2n) is 7.28. The zero-order valence-corrected chi connectivity index (χ0v) is 19.5. The molecule has 0 aliphatic carbocycles. The molecule has 3 aromatic heterocycles. The highest BCUT2D eigenvalue weighted by Gasteiger charge is 2.16. The third-order valence-electron chi connectivity index (χ3n) is 5.22. The highest BCUT2D eigenvalue weighted by molar-refractivity contribution is 7.16. The Bertz CT molecular complexity index is 1380. The number of halogens is 1. The van der Waals surface area contributed by atoms with Crippen LogP contribution in [0.4, 0.5) is 11.4 Å². The number of ether oxygens (including phenoxy) is 2. The number of fused-ring (bicyclic) bond motifs is 1. The lowest BCUT2D eigenvalue weighted by Gasteiger charge is -2.26. The van der Waals surface area contributed by atoms with Crippen molar-refractivity contribution in [3.63, 3.8) is 0 Å². The van der Waals surface area contributed by atoms with Gasteiger partial charge in [0.15, 0.2) is 0 Å². The largest absolute Gasteiger partial charge is 0.497 e. The number of nitrogens with one attached hydrogen (secondary N) is 1. The quantitative estimate of drug-likeness (QED) is 0.305. The summed E-state index contributed by atoms with van der Waals surface area (Å²) in [6.45, 7) is 0.619. The molecular weight excluding hydrogens is 458 g/mol. The van der Waals surface area contributed by atoms with E-state index in [1.165, 1.54) is 0 Å². The van der Waals surface area contributed by atoms with E-state index in [4.69, 9.17) is 26.1 Å². The molecule has 0 spiro atoms. The van der Waals surface area contributed by atoms with Crippen LogP contribution in [0.5, 0.6) is 11.5 Å². The molecule has 0 aliphatic rings. The van der Waals surface area contributed by atoms with Crippen LogP contribution in [0.1, 0.15) is 4.88 Å². The van der Waals surface area contributed by atoms with E-state index in [0.717, 1.165) is 42.9 Å². The first-order valence-corrected chi connectivity index (χ1v) is 11.3. The normalized spacial score (nSPS) is 11.0. The molecule has 0 saturated carbocycles. The molecule has 7 nitrogen and oxygen atoms in total. The first kappa shape index (κ1) is 21.2. The van der Waals surface area contributed by atoms with Gasteiger partial charge in [-0.25, -0.2) is 4.98 Å². The van der Waals surface area contributed by atoms with Crippen molar-refractivity contribution in [2.75, 3.05) is 19.1 Å². The van der Waals surface area contributed by atoms with Crippen LogP contribution in [0.15, 0.2) is 67.1 Å². The Kier molecular flexibility index (Phi) is 5.85. The van der Waals surface area contributed by atoms with E-state index in [1.807, 2.05) is 48.5 Å². The monoisotopic (exact) mass is 477 g/mol. The Morgan fingerprint density at radius 3 is 2.42 bits per heavy atom. The van der Waals surface area contributed by atoms with Crippen LogP contribution in [-0.4, -0.2) is 34.4 Å². The fourth-order valence-electron chi connectivity index (χ4n) is 3.57. The molecule has 5 aromatic rings. The predicted octanol–water partition coefficient (Wildman–Crippen LogP) is 6.09. The maximum atomic E-state index is 6.21. The maximum absolute atomic E-state index is 6.21. The molecule has 3 heterocycles. The summed E-state index contributed by atoms with van der Waals surface area (Å²) in [5.41, 5.74) is 5.13. The van der Waals surface area contributed by atoms with Crippen LogP contribution < -0.4 is 14.4 Å². The van der Waals surface area contributed by atoms with E-state index >= 15 is 0 Å². The van der Waals surface area contributed by atoms with Crippen LogP contribution in [0.3, 0.4) is 0 Å². The van der Waals surface area contributed by atoms with Crippen LogP contribution in [0.25, 0.3) is 22.3 Å². The second-order valence-corrected chi connectivity index (χ2v) is 9.08. The Labute approximate surface area is 199 Å². The van der Waals surface area contributed by atoms with Crippen LogP contribution in [0, 0.1) is 0 Å². The van der Waals surface area contributed by atoms with Gasteiger partial charge in [0.25, 0.3) is 0 Å². The molecule has 33 heavy (non-hydrogen) atoms. The lowest BCUT2D eigenvalue weighted by molar-refractivity contribution is 0.394. The van der Waals surface area contributed by atoms with Crippen molar-refractivity contribution in [3.05, 3.63) is 76.3 Å². The van der Waals surface area contributed by atoms with Gasteiger partial charge in [-0.15, -0.1) is 11.3 Å². The summed E-state index contributed by atoms with van der Waals surface area (Å²) < 4.78 is 11.8. The summed E-state index contributed by atoms with van der Waals surface area (Å²) >= 11 is 7.76. The molecule has 0 bridgehead atoms. The van der Waals surface area contributed by atoms with Crippen LogP contribution >= 0.6 is 22.9 Å². The van der Waals surface area contributed by atoms with Gasteiger partial charge >= 0.3 is 0 Å². The van der Waals surface area contributed by atoms with Crippen LogP contribution in [-0.2, 0) is 6.54 Å². The van der Waals surface area contributed by atoms with Gasteiger partial charge in [-0.3, -0.25) is 10.1 Å². The van der Waals surface area contributed by atoms with Crippen molar-refractivity contribution in [2.24, 2.45) is 0 Å². The average Bonchev–Trinajstić information content (AvgIpc) is 3.53. The standard InChI is InChI=1S/C24H20ClN5O2S/c1-31-18-7-17(8-19(10-18)32-2)30(14-20-4-6-24(25)33-20)16-3-5-21-22(9-16)29-23(13-26-21)15-11-27-28-12-15/h3-13H,14H2,1-2H3,(H,27,28). The van der Waals surface area contributed by atoms with E-state index in [-0.39, 0.29) is 0 Å². The van der Waals surface area contributed by atoms with Gasteiger partial charge in [-0.05, 0) is 30.3 Å². The molecule has 0 unspecified atom stereocenters. The summed E-state index contributed by atoms with van der Waals surface area (Å²) in [7, 11) is 3.29. The molecule has 0 saturated heterocycles. The first-order chi connectivity index (χ1) is 16.1. The number of aromatic nitrogens is 4. The molecular formula is C24H20ClN5O2S. The number of hydrogen-bond donors (Lipinski definition) is 1. The fourth-order valence-corrected chi connectivity index (χ4v) is 4.65. The number of thiophene rings is 1. The number of anilines is 2. The lowest BCUT2D eigenvalue weighted by atomic mass is 10.2. The summed E-state index contributed by atoms with van der Waals surface area (Å²) in [4.78, 5) is 12.7. The number of H-pyrrole nitrogens is 1. The Balaban J connectivity index is 1.62. The molecule has 0 radical (unpaired) electrons. The molecule has 0 atom stereocenters. The summed E-state index contributed by atoms with van der Waals surface area (Å²) in [6.07, 6.45) is 5.29. The van der Waals surface area contributed by atoms with Gasteiger partial charge in [0.05, 0.1) is 54.2 Å². The summed E-state index contributed by atoms with van der Waals surface area (Å²) in [5.74, 6) is 1.42. The Hall–Kier alpha value is -3.62. The van der Waals surface area contributed by atoms with Crippen molar-refractivity contribution in [1.29, 1.82) is 0 Å². The second kappa shape index (κ2) is 9.09. The first-order valence-electron chi connectivity index (χ1n) is 10.1. The molecule has 166 valence electrons. The molecule has 5 rings (SSSR count). The van der Waals surface area contributed by atoms with Crippen LogP contribution in [0.2, 0.25) is 4.34 Å². The number of rotatable bonds is 7. The third kappa shape index (κ3) is 4.48. The minimum atomic E-state index is 0.619. The molecule has 0 fully saturated rings. The zero-order valence-electron chi connectivity index (χ0n) is 17.9. The number of hydrogen-bond acceptors (Lipinski definition) is 7. The summed E-state index contributed by atoms with van der Waals surface area (Å²) in [5, 5.41) is 6.83. The predicted molar refractivity (Wildman–Crippen MR) is 132 cm³/mol. The molecule has 2 aromatic carbocycles. The minimum absolute atomic E-state index is 0.619. The van der Waals surface area contributed by atoms with Gasteiger partial charge in [-0.1, -0.05) is 11.6 Å². The average molecular weight is 478 g/mol. The minimum Gasteiger partial charge on any atom is -0.497 e. The van der Waals surface area contributed by atoms with Gasteiger partial charge in [-0.2, -0.15) is 5.10 Å². The van der Waals surface area contributed by atoms with E-state index in [0.29, 0.717) is 18.0 Å². The smallest absolute Gasteiger partial charge is 0.124 e. The fraction of sp³-hybridized carbons (Fsp3) is 0.125. The highest BCUT2D eigenvalue weighted by atomic mass is 35.5. The Morgan fingerprint density at radius 2 is 1.76 bits per heavy atom. The van der Waals surface area contributed by atoms with E-state index in [1.54, 1.807) is 44.1 Å². The number of methoxy groups -OCH3 is 2. The number of nitrogens with zero attached hydrogens (tertiary/aromatic N) is 4. The van der Waals surface area contributed by atoms with Crippen molar-refractivity contribution >= 4 is 45.3 Å². The van der Waals surface area contributed by atoms with Gasteiger partial charge in [0, 0.05) is 46.2 Å². The van der Waals surface area contributed by atoms with Gasteiger partial charge < -0.3 is 14.4 Å². The molecule has 0 amide bonds. The molecule has 1 N–H and O–H groups in total.